The Morgan fingerprint density at radius 1 is 1.15 bits per heavy atom. The van der Waals surface area contributed by atoms with Gasteiger partial charge in [-0.15, -0.1) is 0 Å². The lowest BCUT2D eigenvalue weighted by molar-refractivity contribution is -0.137. The number of sulfonamides is 1. The molecule has 3 aromatic rings. The molecule has 0 saturated heterocycles. The number of aryl methyl sites for hydroxylation is 2. The summed E-state index contributed by atoms with van der Waals surface area (Å²) in [5.41, 5.74) is 4.67. The van der Waals surface area contributed by atoms with E-state index in [4.69, 9.17) is 0 Å². The summed E-state index contributed by atoms with van der Waals surface area (Å²) in [5, 5.41) is 0. The molecule has 12 heteroatoms. The molecule has 8 nitrogen and oxygen atoms in total. The zero-order valence-electron chi connectivity index (χ0n) is 18.3. The summed E-state index contributed by atoms with van der Waals surface area (Å²) in [7, 11) is -0.741. The Bertz CT molecular complexity index is 1270. The van der Waals surface area contributed by atoms with E-state index < -0.39 is 27.7 Å². The van der Waals surface area contributed by atoms with Crippen LogP contribution >= 0.6 is 0 Å². The van der Waals surface area contributed by atoms with Crippen molar-refractivity contribution in [3.05, 3.63) is 53.9 Å². The lowest BCUT2D eigenvalue weighted by atomic mass is 10.2. The fourth-order valence-electron chi connectivity index (χ4n) is 3.34. The zero-order valence-corrected chi connectivity index (χ0v) is 19.1. The highest BCUT2D eigenvalue weighted by Gasteiger charge is 2.33. The molecule has 0 atom stereocenters. The van der Waals surface area contributed by atoms with Gasteiger partial charge in [0.25, 0.3) is 0 Å². The van der Waals surface area contributed by atoms with E-state index in [2.05, 4.69) is 15.8 Å². The Morgan fingerprint density at radius 3 is 2.48 bits per heavy atom. The molecule has 1 amide bonds. The third-order valence-electron chi connectivity index (χ3n) is 5.04. The first-order valence-electron chi connectivity index (χ1n) is 10.1. The van der Waals surface area contributed by atoms with Gasteiger partial charge in [0.05, 0.1) is 27.2 Å². The van der Waals surface area contributed by atoms with Gasteiger partial charge < -0.3 is 4.57 Å². The van der Waals surface area contributed by atoms with Crippen molar-refractivity contribution < 1.29 is 26.4 Å². The van der Waals surface area contributed by atoms with Crippen LogP contribution in [0.2, 0.25) is 0 Å². The summed E-state index contributed by atoms with van der Waals surface area (Å²) in [6.45, 7) is 2.44. The summed E-state index contributed by atoms with van der Waals surface area (Å²) in [5.74, 6) is 0.0512. The second-order valence-corrected chi connectivity index (χ2v) is 9.58. The van der Waals surface area contributed by atoms with E-state index in [0.717, 1.165) is 15.9 Å². The first kappa shape index (κ1) is 24.5. The van der Waals surface area contributed by atoms with Gasteiger partial charge in [0.1, 0.15) is 5.82 Å². The Kier molecular flexibility index (Phi) is 6.98. The van der Waals surface area contributed by atoms with Crippen LogP contribution in [-0.2, 0) is 34.0 Å². The topological polar surface area (TPSA) is 96.3 Å². The van der Waals surface area contributed by atoms with Crippen LogP contribution in [0.5, 0.6) is 0 Å². The molecule has 2 N–H and O–H groups in total. The molecule has 178 valence electrons. The van der Waals surface area contributed by atoms with Gasteiger partial charge in [0.15, 0.2) is 0 Å². The van der Waals surface area contributed by atoms with Crippen LogP contribution in [0.4, 0.5) is 18.9 Å². The smallest absolute Gasteiger partial charge is 0.328 e. The van der Waals surface area contributed by atoms with Crippen molar-refractivity contribution in [2.24, 2.45) is 0 Å². The number of halogens is 3. The summed E-state index contributed by atoms with van der Waals surface area (Å²) < 4.78 is 67.0. The van der Waals surface area contributed by atoms with Crippen LogP contribution in [0.15, 0.2) is 47.4 Å². The normalized spacial score (nSPS) is 12.3. The van der Waals surface area contributed by atoms with Gasteiger partial charge >= 0.3 is 6.18 Å². The number of para-hydroxylation sites is 1. The van der Waals surface area contributed by atoms with Crippen molar-refractivity contribution in [3.63, 3.8) is 0 Å². The fraction of sp³-hybridized carbons (Fsp3) is 0.333. The molecular weight excluding hydrogens is 459 g/mol. The number of hydrazine groups is 1. The molecule has 0 fully saturated rings. The Morgan fingerprint density at radius 2 is 1.85 bits per heavy atom. The molecule has 0 spiro atoms. The zero-order chi connectivity index (χ0) is 24.4. The van der Waals surface area contributed by atoms with Crippen molar-refractivity contribution in [3.8, 4) is 0 Å². The maximum Gasteiger partial charge on any atom is 0.418 e. The standard InChI is InChI=1S/C21H24F3N5O3S/c1-4-29-18-10-9-14(33(31,32)28(2)3)13-17(18)25-19(29)11-12-20(30)27-26-16-8-6-5-7-15(16)21(22,23)24/h5-10,13,26H,4,11-12H2,1-3H3,(H,27,30). The summed E-state index contributed by atoms with van der Waals surface area (Å²) >= 11 is 0. The van der Waals surface area contributed by atoms with E-state index in [-0.39, 0.29) is 23.4 Å². The number of rotatable bonds is 8. The molecular formula is C21H24F3N5O3S. The van der Waals surface area contributed by atoms with E-state index in [1.807, 2.05) is 11.5 Å². The van der Waals surface area contributed by atoms with Crippen LogP contribution in [0.3, 0.4) is 0 Å². The van der Waals surface area contributed by atoms with E-state index in [9.17, 15) is 26.4 Å². The molecule has 3 rings (SSSR count). The second-order valence-electron chi connectivity index (χ2n) is 7.43. The molecule has 0 saturated carbocycles. The van der Waals surface area contributed by atoms with Gasteiger partial charge in [0.2, 0.25) is 15.9 Å². The maximum absolute atomic E-state index is 13.1. The van der Waals surface area contributed by atoms with Gasteiger partial charge in [-0.05, 0) is 37.3 Å². The average molecular weight is 484 g/mol. The highest BCUT2D eigenvalue weighted by atomic mass is 32.2. The Hall–Kier alpha value is -3.12. The molecule has 0 unspecified atom stereocenters. The van der Waals surface area contributed by atoms with Crippen LogP contribution in [0.25, 0.3) is 11.0 Å². The number of imidazole rings is 1. The van der Waals surface area contributed by atoms with E-state index in [1.165, 1.54) is 44.4 Å². The molecule has 1 heterocycles. The summed E-state index contributed by atoms with van der Waals surface area (Å²) in [6.07, 6.45) is -4.38. The van der Waals surface area contributed by atoms with E-state index in [1.54, 1.807) is 6.07 Å². The Balaban J connectivity index is 1.73. The monoisotopic (exact) mass is 483 g/mol. The van der Waals surface area contributed by atoms with Crippen LogP contribution in [-0.4, -0.2) is 42.3 Å². The molecule has 0 aliphatic rings. The first-order chi connectivity index (χ1) is 15.4. The summed E-state index contributed by atoms with van der Waals surface area (Å²) in [4.78, 5) is 16.8. The molecule has 0 aliphatic heterocycles. The third-order valence-corrected chi connectivity index (χ3v) is 6.85. The predicted octanol–water partition coefficient (Wildman–Crippen LogP) is 3.40. The molecule has 0 bridgehead atoms. The highest BCUT2D eigenvalue weighted by Crippen LogP contribution is 2.34. The first-order valence-corrected chi connectivity index (χ1v) is 11.5. The average Bonchev–Trinajstić information content (AvgIpc) is 3.12. The Labute approximate surface area is 189 Å². The van der Waals surface area contributed by atoms with Gasteiger partial charge in [-0.3, -0.25) is 15.6 Å². The number of hydrogen-bond donors (Lipinski definition) is 2. The molecule has 2 aromatic carbocycles. The number of amides is 1. The van der Waals surface area contributed by atoms with Crippen molar-refractivity contribution in [2.75, 3.05) is 19.5 Å². The largest absolute Gasteiger partial charge is 0.418 e. The van der Waals surface area contributed by atoms with Crippen LogP contribution < -0.4 is 10.9 Å². The molecule has 1 aromatic heterocycles. The minimum Gasteiger partial charge on any atom is -0.328 e. The lowest BCUT2D eigenvalue weighted by Gasteiger charge is -2.15. The van der Waals surface area contributed by atoms with Crippen molar-refractivity contribution in [1.29, 1.82) is 0 Å². The number of benzene rings is 2. The quantitative estimate of drug-likeness (QED) is 0.479. The number of hydrogen-bond acceptors (Lipinski definition) is 5. The van der Waals surface area contributed by atoms with Gasteiger partial charge in [-0.1, -0.05) is 12.1 Å². The minimum absolute atomic E-state index is 0.0344. The predicted molar refractivity (Wildman–Crippen MR) is 118 cm³/mol. The number of nitrogens with zero attached hydrogens (tertiary/aromatic N) is 3. The van der Waals surface area contributed by atoms with Gasteiger partial charge in [-0.25, -0.2) is 17.7 Å². The number of fused-ring (bicyclic) bond motifs is 1. The molecule has 33 heavy (non-hydrogen) atoms. The number of nitrogens with one attached hydrogen (secondary N) is 2. The highest BCUT2D eigenvalue weighted by molar-refractivity contribution is 7.89. The summed E-state index contributed by atoms with van der Waals surface area (Å²) in [6, 6.07) is 9.49. The number of carbonyl (C=O) groups is 1. The van der Waals surface area contributed by atoms with Gasteiger partial charge in [0, 0.05) is 33.5 Å². The molecule has 0 radical (unpaired) electrons. The van der Waals surface area contributed by atoms with Crippen LogP contribution in [0.1, 0.15) is 24.7 Å². The maximum atomic E-state index is 13.1. The number of aromatic nitrogens is 2. The van der Waals surface area contributed by atoms with Crippen molar-refractivity contribution in [2.45, 2.75) is 37.4 Å². The fourth-order valence-corrected chi connectivity index (χ4v) is 4.26. The number of alkyl halides is 3. The van der Waals surface area contributed by atoms with E-state index in [0.29, 0.717) is 17.9 Å². The van der Waals surface area contributed by atoms with Crippen molar-refractivity contribution in [1.82, 2.24) is 19.3 Å². The number of carbonyl (C=O) groups excluding carboxylic acids is 1. The van der Waals surface area contributed by atoms with Crippen molar-refractivity contribution >= 4 is 32.7 Å². The molecule has 0 aliphatic carbocycles. The van der Waals surface area contributed by atoms with Gasteiger partial charge in [-0.2, -0.15) is 13.2 Å². The SMILES string of the molecule is CCn1c(CCC(=O)NNc2ccccc2C(F)(F)F)nc2cc(S(=O)(=O)N(C)C)ccc21. The number of anilines is 1. The third kappa shape index (κ3) is 5.28. The second kappa shape index (κ2) is 9.40. The van der Waals surface area contributed by atoms with E-state index >= 15 is 0 Å². The lowest BCUT2D eigenvalue weighted by Crippen LogP contribution is -2.30. The minimum atomic E-state index is -4.56. The van der Waals surface area contributed by atoms with Crippen LogP contribution in [0, 0.1) is 0 Å².